The summed E-state index contributed by atoms with van der Waals surface area (Å²) in [5.41, 5.74) is 6.01. The Balaban J connectivity index is 2.31. The van der Waals surface area contributed by atoms with E-state index in [0.717, 1.165) is 0 Å². The van der Waals surface area contributed by atoms with Gasteiger partial charge in [0.15, 0.2) is 0 Å². The molecule has 0 radical (unpaired) electrons. The van der Waals surface area contributed by atoms with Gasteiger partial charge in [-0.15, -0.1) is 0 Å². The highest BCUT2D eigenvalue weighted by Crippen LogP contribution is 2.20. The molecule has 5 heteroatoms. The van der Waals surface area contributed by atoms with Crippen LogP contribution in [-0.4, -0.2) is 17.9 Å². The summed E-state index contributed by atoms with van der Waals surface area (Å²) in [4.78, 5) is 12.2. The number of ketones is 1. The second-order valence-electron chi connectivity index (χ2n) is 4.94. The molecule has 1 heterocycles. The first-order valence-electron chi connectivity index (χ1n) is 6.46. The van der Waals surface area contributed by atoms with Crippen LogP contribution in [0, 0.1) is 23.1 Å². The molecule has 4 nitrogen and oxygen atoms in total. The Hall–Kier alpha value is -2.03. The van der Waals surface area contributed by atoms with Gasteiger partial charge in [0.05, 0.1) is 11.1 Å². The van der Waals surface area contributed by atoms with E-state index in [1.807, 2.05) is 19.9 Å². The summed E-state index contributed by atoms with van der Waals surface area (Å²) < 4.78 is 13.6. The van der Waals surface area contributed by atoms with Gasteiger partial charge in [-0.2, -0.15) is 5.26 Å². The van der Waals surface area contributed by atoms with Gasteiger partial charge >= 0.3 is 0 Å². The number of hydrogen-bond acceptors (Lipinski definition) is 4. The standard InChI is InChI=1S/C15H16FN3O/c1-9-13(10(2)19-18-9)7-11(8-17)15(20)12-5-3-4-6-14(12)16/h3-7,9-10,13,18-19H,1-2H3/b11-7+. The molecule has 0 bridgehead atoms. The lowest BCUT2D eigenvalue weighted by Crippen LogP contribution is -2.30. The number of halogens is 1. The maximum absolute atomic E-state index is 13.6. The highest BCUT2D eigenvalue weighted by Gasteiger charge is 2.29. The van der Waals surface area contributed by atoms with E-state index in [-0.39, 0.29) is 29.1 Å². The number of nitrogens with zero attached hydrogens (tertiary/aromatic N) is 1. The summed E-state index contributed by atoms with van der Waals surface area (Å²) in [7, 11) is 0. The normalized spacial score (nSPS) is 26.3. The Morgan fingerprint density at radius 1 is 1.30 bits per heavy atom. The fourth-order valence-electron chi connectivity index (χ4n) is 2.32. The van der Waals surface area contributed by atoms with E-state index in [2.05, 4.69) is 10.9 Å². The van der Waals surface area contributed by atoms with Gasteiger partial charge in [-0.25, -0.2) is 4.39 Å². The molecule has 20 heavy (non-hydrogen) atoms. The minimum absolute atomic E-state index is 0.000346. The molecule has 2 N–H and O–H groups in total. The molecule has 1 aliphatic rings. The largest absolute Gasteiger partial charge is 0.288 e. The quantitative estimate of drug-likeness (QED) is 0.502. The van der Waals surface area contributed by atoms with E-state index in [0.29, 0.717) is 0 Å². The number of carbonyl (C=O) groups excluding carboxylic acids is 1. The Labute approximate surface area is 117 Å². The lowest BCUT2D eigenvalue weighted by molar-refractivity contribution is 0.103. The lowest BCUT2D eigenvalue weighted by Gasteiger charge is -2.13. The van der Waals surface area contributed by atoms with Crippen LogP contribution in [0.4, 0.5) is 4.39 Å². The third-order valence-corrected chi connectivity index (χ3v) is 3.54. The molecule has 0 aliphatic carbocycles. The predicted molar refractivity (Wildman–Crippen MR) is 73.1 cm³/mol. The van der Waals surface area contributed by atoms with E-state index < -0.39 is 11.6 Å². The highest BCUT2D eigenvalue weighted by molar-refractivity contribution is 6.11. The third kappa shape index (κ3) is 2.77. The van der Waals surface area contributed by atoms with E-state index in [9.17, 15) is 14.4 Å². The number of hydrogen-bond donors (Lipinski definition) is 2. The van der Waals surface area contributed by atoms with Crippen LogP contribution in [0.25, 0.3) is 0 Å². The molecule has 1 saturated heterocycles. The second kappa shape index (κ2) is 5.95. The molecule has 1 fully saturated rings. The molecule has 0 amide bonds. The number of nitrogens with one attached hydrogen (secondary N) is 2. The molecule has 104 valence electrons. The first-order chi connectivity index (χ1) is 9.54. The first kappa shape index (κ1) is 14.4. The highest BCUT2D eigenvalue weighted by atomic mass is 19.1. The second-order valence-corrected chi connectivity index (χ2v) is 4.94. The van der Waals surface area contributed by atoms with Gasteiger partial charge < -0.3 is 0 Å². The first-order valence-corrected chi connectivity index (χ1v) is 6.46. The van der Waals surface area contributed by atoms with Crippen molar-refractivity contribution in [2.75, 3.05) is 0 Å². The minimum Gasteiger partial charge on any atom is -0.288 e. The average Bonchev–Trinajstić information content (AvgIpc) is 2.75. The fourth-order valence-corrected chi connectivity index (χ4v) is 2.32. The van der Waals surface area contributed by atoms with Crippen molar-refractivity contribution in [3.8, 4) is 6.07 Å². The number of rotatable bonds is 3. The van der Waals surface area contributed by atoms with E-state index in [1.165, 1.54) is 18.2 Å². The van der Waals surface area contributed by atoms with Crippen LogP contribution in [0.3, 0.4) is 0 Å². The molecule has 1 aliphatic heterocycles. The smallest absolute Gasteiger partial charge is 0.206 e. The van der Waals surface area contributed by atoms with E-state index >= 15 is 0 Å². The topological polar surface area (TPSA) is 64.9 Å². The van der Waals surface area contributed by atoms with Crippen molar-refractivity contribution >= 4 is 5.78 Å². The van der Waals surface area contributed by atoms with Crippen molar-refractivity contribution in [1.29, 1.82) is 5.26 Å². The summed E-state index contributed by atoms with van der Waals surface area (Å²) in [6.45, 7) is 3.92. The van der Waals surface area contributed by atoms with Crippen molar-refractivity contribution in [2.45, 2.75) is 25.9 Å². The maximum Gasteiger partial charge on any atom is 0.206 e. The Bertz CT molecular complexity index is 581. The van der Waals surface area contributed by atoms with Gasteiger partial charge in [0.2, 0.25) is 5.78 Å². The van der Waals surface area contributed by atoms with Crippen LogP contribution in [-0.2, 0) is 0 Å². The monoisotopic (exact) mass is 273 g/mol. The average molecular weight is 273 g/mol. The van der Waals surface area contributed by atoms with Crippen molar-refractivity contribution < 1.29 is 9.18 Å². The Morgan fingerprint density at radius 3 is 2.45 bits per heavy atom. The van der Waals surface area contributed by atoms with Gasteiger partial charge in [0.1, 0.15) is 11.9 Å². The van der Waals surface area contributed by atoms with E-state index in [1.54, 1.807) is 12.1 Å². The Kier molecular flexibility index (Phi) is 4.28. The van der Waals surface area contributed by atoms with Gasteiger partial charge in [-0.05, 0) is 26.0 Å². The number of carbonyl (C=O) groups is 1. The van der Waals surface area contributed by atoms with Gasteiger partial charge in [-0.1, -0.05) is 18.2 Å². The van der Waals surface area contributed by atoms with Crippen LogP contribution in [0.15, 0.2) is 35.9 Å². The Morgan fingerprint density at radius 2 is 1.90 bits per heavy atom. The number of allylic oxidation sites excluding steroid dienone is 1. The lowest BCUT2D eigenvalue weighted by atomic mass is 9.92. The molecule has 0 spiro atoms. The van der Waals surface area contributed by atoms with Gasteiger partial charge in [0, 0.05) is 18.0 Å². The van der Waals surface area contributed by atoms with E-state index in [4.69, 9.17) is 0 Å². The van der Waals surface area contributed by atoms with Crippen LogP contribution >= 0.6 is 0 Å². The molecule has 2 unspecified atom stereocenters. The molecule has 2 rings (SSSR count). The number of benzene rings is 1. The summed E-state index contributed by atoms with van der Waals surface area (Å²) in [5, 5.41) is 9.18. The molecule has 0 aromatic heterocycles. The zero-order chi connectivity index (χ0) is 14.7. The zero-order valence-corrected chi connectivity index (χ0v) is 11.4. The summed E-state index contributed by atoms with van der Waals surface area (Å²) in [6, 6.07) is 7.78. The number of hydrazine groups is 1. The van der Waals surface area contributed by atoms with Gasteiger partial charge in [-0.3, -0.25) is 15.6 Å². The molecule has 2 atom stereocenters. The van der Waals surface area contributed by atoms with Crippen molar-refractivity contribution in [3.05, 3.63) is 47.3 Å². The van der Waals surface area contributed by atoms with Crippen LogP contribution in [0.2, 0.25) is 0 Å². The van der Waals surface area contributed by atoms with Crippen molar-refractivity contribution in [3.63, 3.8) is 0 Å². The van der Waals surface area contributed by atoms with Crippen molar-refractivity contribution in [2.24, 2.45) is 5.92 Å². The summed E-state index contributed by atoms with van der Waals surface area (Å²) in [5.74, 6) is -1.18. The summed E-state index contributed by atoms with van der Waals surface area (Å²) in [6.07, 6.45) is 1.62. The molecule has 1 aromatic carbocycles. The van der Waals surface area contributed by atoms with Crippen LogP contribution in [0.5, 0.6) is 0 Å². The fraction of sp³-hybridized carbons (Fsp3) is 0.333. The molecule has 1 aromatic rings. The van der Waals surface area contributed by atoms with Crippen LogP contribution in [0.1, 0.15) is 24.2 Å². The maximum atomic E-state index is 13.6. The third-order valence-electron chi connectivity index (χ3n) is 3.54. The minimum atomic E-state index is -0.609. The SMILES string of the molecule is CC1NNC(C)C1/C=C(\C#N)C(=O)c1ccccc1F. The van der Waals surface area contributed by atoms with Gasteiger partial charge in [0.25, 0.3) is 0 Å². The zero-order valence-electron chi connectivity index (χ0n) is 11.4. The summed E-state index contributed by atoms with van der Waals surface area (Å²) >= 11 is 0. The molecular weight excluding hydrogens is 257 g/mol. The van der Waals surface area contributed by atoms with Crippen LogP contribution < -0.4 is 10.9 Å². The predicted octanol–water partition coefficient (Wildman–Crippen LogP) is 1.96. The molecular formula is C15H16FN3O. The number of nitriles is 1. The number of Topliss-reactive ketones (excluding diaryl/α,β-unsaturated/α-hetero) is 1. The van der Waals surface area contributed by atoms with Crippen molar-refractivity contribution in [1.82, 2.24) is 10.9 Å². The molecule has 0 saturated carbocycles.